The van der Waals surface area contributed by atoms with Gasteiger partial charge in [0.05, 0.1) is 38.7 Å². The standard InChI is InChI=1S/C35H34N6O3/c1-43-27-17-16-25(32(21-27)44-2)23-41-33(18-15-24-10-4-3-5-11-24)39-40-34(41)31(38-35(42)30-14-8-9-19-36-30)20-26-22-37-29-13-7-6-12-28(26)29/h3-14,16-17,19,21,31H,15,18,20,22-23H2,1-2H3,(H,38,42)/t31-/m1/s1. The average molecular weight is 587 g/mol. The lowest BCUT2D eigenvalue weighted by Gasteiger charge is -2.21. The summed E-state index contributed by atoms with van der Waals surface area (Å²) >= 11 is 0. The highest BCUT2D eigenvalue weighted by Crippen LogP contribution is 2.29. The van der Waals surface area contributed by atoms with Crippen LogP contribution in [0.3, 0.4) is 0 Å². The second-order valence-corrected chi connectivity index (χ2v) is 10.6. The third-order valence-corrected chi connectivity index (χ3v) is 7.85. The molecular weight excluding hydrogens is 552 g/mol. The van der Waals surface area contributed by atoms with Crippen LogP contribution in [0.5, 0.6) is 11.5 Å². The van der Waals surface area contributed by atoms with Gasteiger partial charge in [0.25, 0.3) is 5.91 Å². The van der Waals surface area contributed by atoms with Gasteiger partial charge in [-0.25, -0.2) is 0 Å². The molecule has 1 atom stereocenters. The second kappa shape index (κ2) is 13.3. The van der Waals surface area contributed by atoms with E-state index in [1.54, 1.807) is 38.6 Å². The van der Waals surface area contributed by atoms with Gasteiger partial charge >= 0.3 is 0 Å². The van der Waals surface area contributed by atoms with Crippen molar-refractivity contribution in [1.29, 1.82) is 0 Å². The number of benzene rings is 3. The molecular formula is C35H34N6O3. The summed E-state index contributed by atoms with van der Waals surface area (Å²) in [5, 5.41) is 14.7. The number of pyridine rings is 1. The summed E-state index contributed by atoms with van der Waals surface area (Å²) in [6.07, 6.45) is 3.61. The Morgan fingerprint density at radius 1 is 0.909 bits per heavy atom. The highest BCUT2D eigenvalue weighted by atomic mass is 16.5. The maximum absolute atomic E-state index is 13.5. The maximum Gasteiger partial charge on any atom is 0.270 e. The van der Waals surface area contributed by atoms with Crippen LogP contribution in [0.1, 0.15) is 45.7 Å². The highest BCUT2D eigenvalue weighted by Gasteiger charge is 2.27. The number of aromatic nitrogens is 4. The lowest BCUT2D eigenvalue weighted by molar-refractivity contribution is 0.0929. The molecule has 0 aliphatic carbocycles. The Morgan fingerprint density at radius 2 is 1.73 bits per heavy atom. The van der Waals surface area contributed by atoms with E-state index in [1.807, 2.05) is 54.6 Å². The number of rotatable bonds is 12. The van der Waals surface area contributed by atoms with Crippen molar-refractivity contribution in [3.63, 3.8) is 0 Å². The molecule has 0 unspecified atom stereocenters. The monoisotopic (exact) mass is 586 g/mol. The number of carbonyl (C=O) groups is 1. The van der Waals surface area contributed by atoms with Crippen molar-refractivity contribution in [2.45, 2.75) is 31.8 Å². The van der Waals surface area contributed by atoms with Crippen LogP contribution in [0.4, 0.5) is 0 Å². The number of hydrogen-bond donors (Lipinski definition) is 1. The number of nitrogens with one attached hydrogen (secondary N) is 1. The topological polar surface area (TPSA) is 104 Å². The Bertz CT molecular complexity index is 1870. The van der Waals surface area contributed by atoms with Gasteiger partial charge in [0.15, 0.2) is 5.82 Å². The smallest absolute Gasteiger partial charge is 0.270 e. The SMILES string of the molecule is COc1ccc(Cn2c(CCc3ccccc3)nnc2[C@@H](CC2=c3ccccc3=NC2)NC(=O)c2ccccn2)c(OC)c1. The Balaban J connectivity index is 1.42. The Morgan fingerprint density at radius 3 is 2.52 bits per heavy atom. The number of amides is 1. The Hall–Kier alpha value is -5.31. The van der Waals surface area contributed by atoms with Crippen LogP contribution in [0.2, 0.25) is 0 Å². The molecule has 3 aromatic carbocycles. The summed E-state index contributed by atoms with van der Waals surface area (Å²) in [5.74, 6) is 2.61. The van der Waals surface area contributed by atoms with E-state index >= 15 is 0 Å². The molecule has 0 saturated heterocycles. The molecule has 1 N–H and O–H groups in total. The second-order valence-electron chi connectivity index (χ2n) is 10.6. The fourth-order valence-corrected chi connectivity index (χ4v) is 5.55. The zero-order chi connectivity index (χ0) is 30.3. The third kappa shape index (κ3) is 6.36. The van der Waals surface area contributed by atoms with Crippen molar-refractivity contribution in [1.82, 2.24) is 25.1 Å². The lowest BCUT2D eigenvalue weighted by atomic mass is 10.0. The van der Waals surface area contributed by atoms with Crippen LogP contribution in [-0.4, -0.2) is 46.4 Å². The molecule has 2 aromatic heterocycles. The molecule has 9 nitrogen and oxygen atoms in total. The van der Waals surface area contributed by atoms with Gasteiger partial charge in [-0.1, -0.05) is 54.6 Å². The number of methoxy groups -OCH3 is 2. The number of hydrogen-bond acceptors (Lipinski definition) is 7. The predicted octanol–water partition coefficient (Wildman–Crippen LogP) is 3.87. The van der Waals surface area contributed by atoms with Crippen LogP contribution in [0.25, 0.3) is 5.57 Å². The van der Waals surface area contributed by atoms with Gasteiger partial charge in [-0.05, 0) is 54.3 Å². The molecule has 3 heterocycles. The molecule has 9 heteroatoms. The summed E-state index contributed by atoms with van der Waals surface area (Å²) in [4.78, 5) is 22.5. The number of nitrogens with zero attached hydrogens (tertiary/aromatic N) is 5. The van der Waals surface area contributed by atoms with Crippen LogP contribution in [-0.2, 0) is 19.4 Å². The van der Waals surface area contributed by atoms with E-state index in [-0.39, 0.29) is 5.91 Å². The van der Waals surface area contributed by atoms with Crippen LogP contribution in [0.15, 0.2) is 102 Å². The third-order valence-electron chi connectivity index (χ3n) is 7.85. The fourth-order valence-electron chi connectivity index (χ4n) is 5.55. The minimum absolute atomic E-state index is 0.276. The summed E-state index contributed by atoms with van der Waals surface area (Å²) in [6, 6.07) is 29.0. The van der Waals surface area contributed by atoms with Gasteiger partial charge in [-0.15, -0.1) is 10.2 Å². The van der Waals surface area contributed by atoms with Crippen molar-refractivity contribution in [2.24, 2.45) is 4.99 Å². The molecule has 5 aromatic rings. The van der Waals surface area contributed by atoms with Crippen molar-refractivity contribution < 1.29 is 14.3 Å². The van der Waals surface area contributed by atoms with Gasteiger partial charge < -0.3 is 19.4 Å². The van der Waals surface area contributed by atoms with Gasteiger partial charge in [0.1, 0.15) is 23.0 Å². The quantitative estimate of drug-likeness (QED) is 0.238. The molecule has 0 spiro atoms. The summed E-state index contributed by atoms with van der Waals surface area (Å²) < 4.78 is 13.3. The van der Waals surface area contributed by atoms with E-state index in [9.17, 15) is 4.79 Å². The zero-order valence-corrected chi connectivity index (χ0v) is 24.8. The zero-order valence-electron chi connectivity index (χ0n) is 24.8. The molecule has 0 saturated carbocycles. The molecule has 0 radical (unpaired) electrons. The van der Waals surface area contributed by atoms with E-state index < -0.39 is 6.04 Å². The number of aryl methyl sites for hydroxylation is 2. The van der Waals surface area contributed by atoms with E-state index in [2.05, 4.69) is 38.2 Å². The van der Waals surface area contributed by atoms with Crippen LogP contribution < -0.4 is 25.4 Å². The highest BCUT2D eigenvalue weighted by molar-refractivity contribution is 5.92. The van der Waals surface area contributed by atoms with Crippen molar-refractivity contribution in [3.05, 3.63) is 136 Å². The van der Waals surface area contributed by atoms with Crippen molar-refractivity contribution in [3.8, 4) is 11.5 Å². The summed E-state index contributed by atoms with van der Waals surface area (Å²) in [5.41, 5.74) is 3.63. The van der Waals surface area contributed by atoms with E-state index in [1.165, 1.54) is 5.56 Å². The first-order valence-corrected chi connectivity index (χ1v) is 14.6. The van der Waals surface area contributed by atoms with Crippen LogP contribution in [0, 0.1) is 0 Å². The lowest BCUT2D eigenvalue weighted by Crippen LogP contribution is -2.33. The predicted molar refractivity (Wildman–Crippen MR) is 167 cm³/mol. The molecule has 1 aliphatic heterocycles. The first kappa shape index (κ1) is 28.8. The van der Waals surface area contributed by atoms with E-state index in [0.717, 1.165) is 34.0 Å². The molecule has 0 bridgehead atoms. The largest absolute Gasteiger partial charge is 0.497 e. The number of carbonyl (C=O) groups excluding carboxylic acids is 1. The maximum atomic E-state index is 13.5. The molecule has 6 rings (SSSR count). The minimum atomic E-state index is -0.483. The minimum Gasteiger partial charge on any atom is -0.497 e. The van der Waals surface area contributed by atoms with Crippen molar-refractivity contribution >= 4 is 11.5 Å². The number of para-hydroxylation sites is 1. The Labute approximate surface area is 255 Å². The average Bonchev–Trinajstić information content (AvgIpc) is 3.68. The van der Waals surface area contributed by atoms with E-state index in [0.29, 0.717) is 48.9 Å². The molecule has 44 heavy (non-hydrogen) atoms. The normalized spacial score (nSPS) is 12.7. The molecule has 1 amide bonds. The van der Waals surface area contributed by atoms with Gasteiger partial charge in [0.2, 0.25) is 0 Å². The van der Waals surface area contributed by atoms with E-state index in [4.69, 9.17) is 19.6 Å². The van der Waals surface area contributed by atoms with Gasteiger partial charge in [-0.2, -0.15) is 0 Å². The number of ether oxygens (including phenoxy) is 2. The fraction of sp³-hybridized carbons (Fsp3) is 0.229. The first-order chi connectivity index (χ1) is 21.6. The molecule has 1 aliphatic rings. The summed E-state index contributed by atoms with van der Waals surface area (Å²) in [7, 11) is 3.28. The van der Waals surface area contributed by atoms with Crippen LogP contribution >= 0.6 is 0 Å². The van der Waals surface area contributed by atoms with Gasteiger partial charge in [0, 0.05) is 29.5 Å². The molecule has 222 valence electrons. The summed E-state index contributed by atoms with van der Waals surface area (Å²) in [6.45, 7) is 1.02. The van der Waals surface area contributed by atoms with Crippen molar-refractivity contribution in [2.75, 3.05) is 20.8 Å². The Kier molecular flexibility index (Phi) is 8.72. The first-order valence-electron chi connectivity index (χ1n) is 14.6. The van der Waals surface area contributed by atoms with Gasteiger partial charge in [-0.3, -0.25) is 14.8 Å². The molecule has 0 fully saturated rings. The number of fused-ring (bicyclic) bond motifs is 1.